The molecular weight excluding hydrogens is 308 g/mol. The predicted octanol–water partition coefficient (Wildman–Crippen LogP) is 4.65. The number of hydrogen-bond acceptors (Lipinski definition) is 1. The lowest BCUT2D eigenvalue weighted by Crippen LogP contribution is -2.47. The van der Waals surface area contributed by atoms with E-state index in [2.05, 4.69) is 5.32 Å². The molecule has 0 spiro atoms. The third-order valence-corrected chi connectivity index (χ3v) is 4.56. The number of benzene rings is 2. The Labute approximate surface area is 142 Å². The number of nitrogens with zero attached hydrogens (tertiary/aromatic N) is 1. The summed E-state index contributed by atoms with van der Waals surface area (Å²) in [5.41, 5.74) is 2.03. The number of carbonyl (C=O) groups excluding carboxylic acids is 1. The summed E-state index contributed by atoms with van der Waals surface area (Å²) in [5, 5.41) is 3.97. The van der Waals surface area contributed by atoms with Crippen molar-refractivity contribution < 1.29 is 4.79 Å². The molecule has 1 N–H and O–H groups in total. The van der Waals surface area contributed by atoms with Crippen LogP contribution in [0.1, 0.15) is 25.3 Å². The van der Waals surface area contributed by atoms with Crippen LogP contribution in [0.25, 0.3) is 0 Å². The molecule has 2 aromatic carbocycles. The maximum absolute atomic E-state index is 12.7. The average molecular weight is 329 g/mol. The second kappa shape index (κ2) is 6.63. The standard InChI is InChI=1S/C19H21ClN2O/c1-2-22(17-6-4-3-5-7-17)18(23)21-19(12-13-19)14-15-8-10-16(20)11-9-15/h3-11H,2,12-14H2,1H3,(H,21,23). The zero-order valence-corrected chi connectivity index (χ0v) is 14.0. The van der Waals surface area contributed by atoms with Crippen molar-refractivity contribution in [3.05, 3.63) is 65.2 Å². The number of hydrogen-bond donors (Lipinski definition) is 1. The lowest BCUT2D eigenvalue weighted by molar-refractivity contribution is 0.241. The van der Waals surface area contributed by atoms with Gasteiger partial charge >= 0.3 is 6.03 Å². The lowest BCUT2D eigenvalue weighted by Gasteiger charge is -2.25. The van der Waals surface area contributed by atoms with E-state index in [1.807, 2.05) is 61.5 Å². The summed E-state index contributed by atoms with van der Waals surface area (Å²) in [6, 6.07) is 17.6. The van der Waals surface area contributed by atoms with E-state index in [0.29, 0.717) is 6.54 Å². The van der Waals surface area contributed by atoms with E-state index in [0.717, 1.165) is 30.0 Å². The molecule has 2 aromatic rings. The van der Waals surface area contributed by atoms with Gasteiger partial charge in [0.1, 0.15) is 0 Å². The first kappa shape index (κ1) is 15.9. The zero-order chi connectivity index (χ0) is 16.3. The number of amides is 2. The number of halogens is 1. The van der Waals surface area contributed by atoms with Crippen LogP contribution in [-0.2, 0) is 6.42 Å². The van der Waals surface area contributed by atoms with Crippen LogP contribution in [0.3, 0.4) is 0 Å². The van der Waals surface area contributed by atoms with Gasteiger partial charge in [0, 0.05) is 22.8 Å². The SMILES string of the molecule is CCN(C(=O)NC1(Cc2ccc(Cl)cc2)CC1)c1ccccc1. The molecule has 0 heterocycles. The van der Waals surface area contributed by atoms with E-state index < -0.39 is 0 Å². The minimum absolute atomic E-state index is 0.0230. The van der Waals surface area contributed by atoms with Gasteiger partial charge in [0.05, 0.1) is 0 Å². The molecule has 3 rings (SSSR count). The summed E-state index contributed by atoms with van der Waals surface area (Å²) in [6.07, 6.45) is 2.89. The highest BCUT2D eigenvalue weighted by atomic mass is 35.5. The third-order valence-electron chi connectivity index (χ3n) is 4.31. The molecule has 0 bridgehead atoms. The van der Waals surface area contributed by atoms with Crippen molar-refractivity contribution in [1.29, 1.82) is 0 Å². The van der Waals surface area contributed by atoms with E-state index in [4.69, 9.17) is 11.6 Å². The molecule has 0 aromatic heterocycles. The first-order valence-electron chi connectivity index (χ1n) is 8.01. The Morgan fingerprint density at radius 2 is 1.78 bits per heavy atom. The smallest absolute Gasteiger partial charge is 0.322 e. The highest BCUT2D eigenvalue weighted by Gasteiger charge is 2.44. The van der Waals surface area contributed by atoms with Gasteiger partial charge in [-0.15, -0.1) is 0 Å². The van der Waals surface area contributed by atoms with E-state index in [1.54, 1.807) is 4.90 Å². The first-order chi connectivity index (χ1) is 11.1. The summed E-state index contributed by atoms with van der Waals surface area (Å²) >= 11 is 5.93. The Hall–Kier alpha value is -2.00. The van der Waals surface area contributed by atoms with Gasteiger partial charge in [0.15, 0.2) is 0 Å². The van der Waals surface area contributed by atoms with Crippen LogP contribution in [0.2, 0.25) is 5.02 Å². The number of para-hydroxylation sites is 1. The van der Waals surface area contributed by atoms with Crippen LogP contribution in [0.4, 0.5) is 10.5 Å². The van der Waals surface area contributed by atoms with E-state index in [-0.39, 0.29) is 11.6 Å². The second-order valence-corrected chi connectivity index (χ2v) is 6.53. The Morgan fingerprint density at radius 3 is 2.35 bits per heavy atom. The van der Waals surface area contributed by atoms with Gasteiger partial charge < -0.3 is 5.32 Å². The largest absolute Gasteiger partial charge is 0.332 e. The Morgan fingerprint density at radius 1 is 1.13 bits per heavy atom. The first-order valence-corrected chi connectivity index (χ1v) is 8.39. The molecule has 2 amide bonds. The number of anilines is 1. The van der Waals surface area contributed by atoms with Gasteiger partial charge in [0.25, 0.3) is 0 Å². The number of urea groups is 1. The summed E-state index contributed by atoms with van der Waals surface area (Å²) in [4.78, 5) is 14.4. The summed E-state index contributed by atoms with van der Waals surface area (Å²) in [7, 11) is 0. The number of rotatable bonds is 5. The van der Waals surface area contributed by atoms with Gasteiger partial charge in [-0.1, -0.05) is 41.9 Å². The van der Waals surface area contributed by atoms with Gasteiger partial charge in [-0.25, -0.2) is 4.79 Å². The zero-order valence-electron chi connectivity index (χ0n) is 13.3. The summed E-state index contributed by atoms with van der Waals surface area (Å²) in [5.74, 6) is 0. The lowest BCUT2D eigenvalue weighted by atomic mass is 10.0. The molecule has 120 valence electrons. The maximum atomic E-state index is 12.7. The molecule has 0 aliphatic heterocycles. The van der Waals surface area contributed by atoms with E-state index >= 15 is 0 Å². The molecule has 1 aliphatic rings. The highest BCUT2D eigenvalue weighted by molar-refractivity contribution is 6.30. The van der Waals surface area contributed by atoms with Crippen molar-refractivity contribution in [3.8, 4) is 0 Å². The molecule has 0 unspecified atom stereocenters. The fourth-order valence-corrected chi connectivity index (χ4v) is 2.96. The minimum atomic E-state index is -0.104. The summed E-state index contributed by atoms with van der Waals surface area (Å²) in [6.45, 7) is 2.64. The Bertz CT molecular complexity index is 666. The topological polar surface area (TPSA) is 32.3 Å². The van der Waals surface area contributed by atoms with Gasteiger partial charge in [-0.2, -0.15) is 0 Å². The molecule has 0 atom stereocenters. The second-order valence-electron chi connectivity index (χ2n) is 6.09. The molecule has 1 saturated carbocycles. The highest BCUT2D eigenvalue weighted by Crippen LogP contribution is 2.39. The van der Waals surface area contributed by atoms with Crippen molar-refractivity contribution in [2.75, 3.05) is 11.4 Å². The fourth-order valence-electron chi connectivity index (χ4n) is 2.84. The van der Waals surface area contributed by atoms with Crippen LogP contribution in [-0.4, -0.2) is 18.1 Å². The van der Waals surface area contributed by atoms with Crippen molar-refractivity contribution >= 4 is 23.3 Å². The van der Waals surface area contributed by atoms with E-state index in [1.165, 1.54) is 5.56 Å². The van der Waals surface area contributed by atoms with Crippen molar-refractivity contribution in [2.24, 2.45) is 0 Å². The van der Waals surface area contributed by atoms with Crippen molar-refractivity contribution in [2.45, 2.75) is 31.7 Å². The normalized spacial score (nSPS) is 15.0. The molecule has 1 fully saturated rings. The number of carbonyl (C=O) groups is 1. The molecule has 1 aliphatic carbocycles. The van der Waals surface area contributed by atoms with Crippen molar-refractivity contribution in [3.63, 3.8) is 0 Å². The van der Waals surface area contributed by atoms with Gasteiger partial charge in [0.2, 0.25) is 0 Å². The van der Waals surface area contributed by atoms with Crippen LogP contribution in [0, 0.1) is 0 Å². The van der Waals surface area contributed by atoms with Crippen LogP contribution in [0.5, 0.6) is 0 Å². The Balaban J connectivity index is 1.67. The Kier molecular flexibility index (Phi) is 4.58. The van der Waals surface area contributed by atoms with Crippen LogP contribution < -0.4 is 10.2 Å². The number of nitrogens with one attached hydrogen (secondary N) is 1. The molecule has 23 heavy (non-hydrogen) atoms. The fraction of sp³-hybridized carbons (Fsp3) is 0.316. The van der Waals surface area contributed by atoms with Crippen molar-refractivity contribution in [1.82, 2.24) is 5.32 Å². The molecule has 4 heteroatoms. The average Bonchev–Trinajstić information content (AvgIpc) is 3.30. The van der Waals surface area contributed by atoms with Gasteiger partial charge in [-0.3, -0.25) is 4.90 Å². The minimum Gasteiger partial charge on any atom is -0.332 e. The monoisotopic (exact) mass is 328 g/mol. The maximum Gasteiger partial charge on any atom is 0.322 e. The summed E-state index contributed by atoms with van der Waals surface area (Å²) < 4.78 is 0. The molecule has 0 saturated heterocycles. The molecule has 3 nitrogen and oxygen atoms in total. The van der Waals surface area contributed by atoms with Crippen LogP contribution >= 0.6 is 11.6 Å². The van der Waals surface area contributed by atoms with Gasteiger partial charge in [-0.05, 0) is 56.0 Å². The quantitative estimate of drug-likeness (QED) is 0.851. The van der Waals surface area contributed by atoms with E-state index in [9.17, 15) is 4.79 Å². The molecule has 0 radical (unpaired) electrons. The van der Waals surface area contributed by atoms with Crippen LogP contribution in [0.15, 0.2) is 54.6 Å². The third kappa shape index (κ3) is 3.85. The molecular formula is C19H21ClN2O. The predicted molar refractivity (Wildman–Crippen MR) is 95.1 cm³/mol.